The molecule has 0 radical (unpaired) electrons. The van der Waals surface area contributed by atoms with E-state index >= 15 is 0 Å². The van der Waals surface area contributed by atoms with Crippen molar-refractivity contribution in [2.75, 3.05) is 53.1 Å². The van der Waals surface area contributed by atoms with Gasteiger partial charge in [-0.2, -0.15) is 0 Å². The van der Waals surface area contributed by atoms with Gasteiger partial charge in [-0.1, -0.05) is 12.1 Å². The van der Waals surface area contributed by atoms with Crippen LogP contribution in [0.25, 0.3) is 0 Å². The normalized spacial score (nSPS) is 18.7. The quantitative estimate of drug-likeness (QED) is 0.378. The molecule has 0 spiro atoms. The monoisotopic (exact) mass is 555 g/mol. The third kappa shape index (κ3) is 8.73. The molecule has 1 unspecified atom stereocenters. The first-order valence-electron chi connectivity index (χ1n) is 13.3. The summed E-state index contributed by atoms with van der Waals surface area (Å²) in [6, 6.07) is 7.13. The van der Waals surface area contributed by atoms with Gasteiger partial charge in [0.15, 0.2) is 6.61 Å². The first-order chi connectivity index (χ1) is 19.3. The average Bonchev–Trinajstić information content (AvgIpc) is 2.94. The number of aryl methyl sites for hydroxylation is 1. The van der Waals surface area contributed by atoms with Crippen molar-refractivity contribution in [3.63, 3.8) is 0 Å². The maximum Gasteiger partial charge on any atom is 0.314 e. The van der Waals surface area contributed by atoms with Crippen LogP contribution in [-0.4, -0.2) is 91.7 Å². The molecule has 2 aromatic rings. The number of hydrogen-bond acceptors (Lipinski definition) is 9. The first-order valence-corrected chi connectivity index (χ1v) is 13.3. The number of benzene rings is 1. The minimum absolute atomic E-state index is 0.0113. The Morgan fingerprint density at radius 3 is 2.70 bits per heavy atom. The summed E-state index contributed by atoms with van der Waals surface area (Å²) in [6.45, 7) is 3.64. The highest BCUT2D eigenvalue weighted by molar-refractivity contribution is 5.95. The largest absolute Gasteiger partial charge is 0.484 e. The molecule has 2 bridgehead atoms. The summed E-state index contributed by atoms with van der Waals surface area (Å²) in [4.78, 5) is 61.7. The molecule has 1 aromatic carbocycles. The average molecular weight is 556 g/mol. The smallest absolute Gasteiger partial charge is 0.314 e. The number of fused-ring (bicyclic) bond motifs is 2. The lowest BCUT2D eigenvalue weighted by molar-refractivity contribution is -0.156. The van der Waals surface area contributed by atoms with Crippen LogP contribution in [-0.2, 0) is 30.3 Å². The molecule has 1 aliphatic heterocycles. The van der Waals surface area contributed by atoms with Crippen molar-refractivity contribution in [3.8, 4) is 5.75 Å². The molecule has 12 heteroatoms. The van der Waals surface area contributed by atoms with E-state index in [9.17, 15) is 19.2 Å². The van der Waals surface area contributed by atoms with E-state index in [0.29, 0.717) is 30.9 Å². The second kappa shape index (κ2) is 14.9. The fourth-order valence-corrected chi connectivity index (χ4v) is 4.41. The van der Waals surface area contributed by atoms with Crippen molar-refractivity contribution < 1.29 is 33.4 Å². The van der Waals surface area contributed by atoms with Crippen LogP contribution in [0, 0.1) is 12.3 Å². The number of esters is 1. The van der Waals surface area contributed by atoms with E-state index in [1.807, 2.05) is 6.07 Å². The number of carbonyl (C=O) groups is 4. The van der Waals surface area contributed by atoms with Gasteiger partial charge in [0.25, 0.3) is 11.8 Å². The number of ether oxygens (including phenoxy) is 3. The topological polar surface area (TPSA) is 149 Å². The standard InChI is InChI=1S/C28H37N5O7/c1-4-39-27(37)28(9-6-12-38-3)14-21-7-5-8-22(13-21)40-18-25(35)29-10-11-33(17-24(34)32-19-28)26(36)23-16-30-20(2)15-31-23/h5,7-8,13,15-16H,4,6,9-12,14,17-19H2,1-3H3,(H,29,35)(H,32,34). The van der Waals surface area contributed by atoms with Gasteiger partial charge >= 0.3 is 5.97 Å². The Bertz CT molecular complexity index is 1170. The van der Waals surface area contributed by atoms with Gasteiger partial charge in [-0.25, -0.2) is 4.98 Å². The molecule has 12 nitrogen and oxygen atoms in total. The van der Waals surface area contributed by atoms with Gasteiger partial charge < -0.3 is 29.7 Å². The first kappa shape index (κ1) is 30.5. The van der Waals surface area contributed by atoms with Crippen LogP contribution in [0.2, 0.25) is 0 Å². The molecular weight excluding hydrogens is 518 g/mol. The van der Waals surface area contributed by atoms with Gasteiger partial charge in [0.1, 0.15) is 11.4 Å². The summed E-state index contributed by atoms with van der Waals surface area (Å²) in [5, 5.41) is 5.56. The Labute approximate surface area is 233 Å². The summed E-state index contributed by atoms with van der Waals surface area (Å²) < 4.78 is 16.4. The van der Waals surface area contributed by atoms with Gasteiger partial charge in [0, 0.05) is 39.5 Å². The van der Waals surface area contributed by atoms with Crippen LogP contribution in [0.3, 0.4) is 0 Å². The Kier molecular flexibility index (Phi) is 11.4. The summed E-state index contributed by atoms with van der Waals surface area (Å²) in [5.41, 5.74) is 0.387. The number of amides is 3. The second-order valence-corrected chi connectivity index (χ2v) is 9.61. The van der Waals surface area contributed by atoms with E-state index in [-0.39, 0.29) is 57.4 Å². The Balaban J connectivity index is 1.93. The van der Waals surface area contributed by atoms with E-state index in [0.717, 1.165) is 5.56 Å². The lowest BCUT2D eigenvalue weighted by Gasteiger charge is -2.32. The van der Waals surface area contributed by atoms with Crippen LogP contribution in [0.1, 0.15) is 41.5 Å². The minimum Gasteiger partial charge on any atom is -0.484 e. The van der Waals surface area contributed by atoms with Crippen molar-refractivity contribution in [3.05, 3.63) is 53.6 Å². The molecule has 3 amide bonds. The maximum atomic E-state index is 13.4. The van der Waals surface area contributed by atoms with Gasteiger partial charge in [-0.15, -0.1) is 0 Å². The van der Waals surface area contributed by atoms with Crippen molar-refractivity contribution in [1.29, 1.82) is 0 Å². The fraction of sp³-hybridized carbons (Fsp3) is 0.500. The molecule has 216 valence electrons. The number of carbonyl (C=O) groups excluding carboxylic acids is 4. The summed E-state index contributed by atoms with van der Waals surface area (Å²) in [6.07, 6.45) is 4.00. The molecule has 1 aromatic heterocycles. The second-order valence-electron chi connectivity index (χ2n) is 9.61. The van der Waals surface area contributed by atoms with Gasteiger partial charge in [-0.3, -0.25) is 24.2 Å². The summed E-state index contributed by atoms with van der Waals surface area (Å²) in [5.74, 6) is -1.34. The summed E-state index contributed by atoms with van der Waals surface area (Å²) in [7, 11) is 1.58. The number of nitrogens with one attached hydrogen (secondary N) is 2. The molecule has 0 saturated heterocycles. The molecule has 40 heavy (non-hydrogen) atoms. The van der Waals surface area contributed by atoms with Crippen LogP contribution in [0.5, 0.6) is 5.75 Å². The van der Waals surface area contributed by atoms with E-state index in [1.54, 1.807) is 39.2 Å². The Morgan fingerprint density at radius 2 is 1.98 bits per heavy atom. The van der Waals surface area contributed by atoms with Crippen molar-refractivity contribution in [2.24, 2.45) is 5.41 Å². The molecule has 2 heterocycles. The Morgan fingerprint density at radius 1 is 1.15 bits per heavy atom. The lowest BCUT2D eigenvalue weighted by atomic mass is 9.77. The fourth-order valence-electron chi connectivity index (χ4n) is 4.41. The molecule has 3 rings (SSSR count). The predicted molar refractivity (Wildman–Crippen MR) is 145 cm³/mol. The van der Waals surface area contributed by atoms with Crippen molar-refractivity contribution in [2.45, 2.75) is 33.1 Å². The molecule has 0 fully saturated rings. The SMILES string of the molecule is CCOC(=O)C1(CCCOC)CNC(=O)CN(C(=O)c2cnc(C)cn2)CCNC(=O)COc2cccc(c2)C1. The van der Waals surface area contributed by atoms with Gasteiger partial charge in [0.2, 0.25) is 5.91 Å². The van der Waals surface area contributed by atoms with Crippen LogP contribution >= 0.6 is 0 Å². The minimum atomic E-state index is -1.10. The molecule has 1 atom stereocenters. The number of nitrogens with zero attached hydrogens (tertiary/aromatic N) is 3. The van der Waals surface area contributed by atoms with Crippen molar-refractivity contribution >= 4 is 23.7 Å². The van der Waals surface area contributed by atoms with Crippen LogP contribution in [0.4, 0.5) is 0 Å². The van der Waals surface area contributed by atoms with Gasteiger partial charge in [0.05, 0.1) is 30.5 Å². The molecule has 0 saturated carbocycles. The number of rotatable bonds is 7. The number of aromatic nitrogens is 2. The maximum absolute atomic E-state index is 13.4. The van der Waals surface area contributed by atoms with E-state index in [4.69, 9.17) is 14.2 Å². The number of hydrogen-bond donors (Lipinski definition) is 2. The van der Waals surface area contributed by atoms with Gasteiger partial charge in [-0.05, 0) is 50.8 Å². The Hall–Kier alpha value is -4.06. The zero-order valence-corrected chi connectivity index (χ0v) is 23.2. The highest BCUT2D eigenvalue weighted by Gasteiger charge is 2.40. The molecule has 2 N–H and O–H groups in total. The zero-order chi connectivity index (χ0) is 29.0. The molecule has 0 aliphatic carbocycles. The van der Waals surface area contributed by atoms with E-state index in [2.05, 4.69) is 20.6 Å². The third-order valence-corrected chi connectivity index (χ3v) is 6.47. The molecule has 1 aliphatic rings. The summed E-state index contributed by atoms with van der Waals surface area (Å²) >= 11 is 0. The zero-order valence-electron chi connectivity index (χ0n) is 23.2. The highest BCUT2D eigenvalue weighted by Crippen LogP contribution is 2.32. The number of methoxy groups -OCH3 is 1. The highest BCUT2D eigenvalue weighted by atomic mass is 16.5. The van der Waals surface area contributed by atoms with E-state index < -0.39 is 23.2 Å². The molecular formula is C28H37N5O7. The lowest BCUT2D eigenvalue weighted by Crippen LogP contribution is -2.49. The van der Waals surface area contributed by atoms with E-state index in [1.165, 1.54) is 17.3 Å². The van der Waals surface area contributed by atoms with Crippen LogP contribution in [0.15, 0.2) is 36.7 Å². The predicted octanol–water partition coefficient (Wildman–Crippen LogP) is 1.07. The van der Waals surface area contributed by atoms with Crippen LogP contribution < -0.4 is 15.4 Å². The van der Waals surface area contributed by atoms with Crippen molar-refractivity contribution in [1.82, 2.24) is 25.5 Å². The third-order valence-electron chi connectivity index (χ3n) is 6.47.